The van der Waals surface area contributed by atoms with Crippen LogP contribution in [0.2, 0.25) is 0 Å². The lowest BCUT2D eigenvalue weighted by molar-refractivity contribution is -0.0295. The maximum atomic E-state index is 11.9. The molecule has 0 bridgehead atoms. The van der Waals surface area contributed by atoms with Crippen molar-refractivity contribution in [3.05, 3.63) is 28.2 Å². The molecule has 1 saturated heterocycles. The minimum absolute atomic E-state index is 0.00999. The van der Waals surface area contributed by atoms with Crippen LogP contribution < -0.4 is 10.9 Å². The topological polar surface area (TPSA) is 87.3 Å². The molecule has 2 N–H and O–H groups in total. The number of carbonyl (C=O) groups is 1. The summed E-state index contributed by atoms with van der Waals surface area (Å²) in [5.41, 5.74) is -0.129. The standard InChI is InChI=1S/C14H22N4O3/c1-10(2)8-18-5-6-21-11(9-18)7-15-14(20)12-3-4-13(19)17-16-12/h3-4,10-11H,5-9H2,1-2H3,(H,15,20)(H,17,19)/t11-/m0/s1. The Hall–Kier alpha value is -1.73. The summed E-state index contributed by atoms with van der Waals surface area (Å²) in [5, 5.41) is 8.72. The number of nitrogens with one attached hydrogen (secondary N) is 2. The molecule has 0 saturated carbocycles. The molecule has 116 valence electrons. The zero-order valence-corrected chi connectivity index (χ0v) is 12.5. The second-order valence-corrected chi connectivity index (χ2v) is 5.66. The summed E-state index contributed by atoms with van der Waals surface area (Å²) in [6.45, 7) is 8.29. The van der Waals surface area contributed by atoms with Crippen LogP contribution in [0.4, 0.5) is 0 Å². The first-order valence-corrected chi connectivity index (χ1v) is 7.22. The van der Waals surface area contributed by atoms with Gasteiger partial charge in [-0.05, 0) is 12.0 Å². The van der Waals surface area contributed by atoms with E-state index in [1.807, 2.05) is 0 Å². The predicted molar refractivity (Wildman–Crippen MR) is 78.2 cm³/mol. The van der Waals surface area contributed by atoms with E-state index in [1.54, 1.807) is 0 Å². The van der Waals surface area contributed by atoms with Crippen molar-refractivity contribution in [2.75, 3.05) is 32.8 Å². The first kappa shape index (κ1) is 15.7. The van der Waals surface area contributed by atoms with Gasteiger partial charge in [-0.25, -0.2) is 5.10 Å². The molecule has 1 fully saturated rings. The Bertz CT molecular complexity index is 509. The van der Waals surface area contributed by atoms with Crippen LogP contribution in [-0.4, -0.2) is 59.9 Å². The van der Waals surface area contributed by atoms with E-state index in [-0.39, 0.29) is 23.3 Å². The lowest BCUT2D eigenvalue weighted by Crippen LogP contribution is -2.48. The quantitative estimate of drug-likeness (QED) is 0.789. The van der Waals surface area contributed by atoms with Crippen LogP contribution in [0.25, 0.3) is 0 Å². The normalized spacial score (nSPS) is 19.7. The van der Waals surface area contributed by atoms with Gasteiger partial charge in [0.1, 0.15) is 5.69 Å². The Labute approximate surface area is 123 Å². The highest BCUT2D eigenvalue weighted by Crippen LogP contribution is 2.07. The van der Waals surface area contributed by atoms with E-state index in [2.05, 4.69) is 34.3 Å². The number of morpholine rings is 1. The number of amides is 1. The van der Waals surface area contributed by atoms with Crippen LogP contribution in [0, 0.1) is 5.92 Å². The molecule has 7 heteroatoms. The van der Waals surface area contributed by atoms with Gasteiger partial charge in [0.05, 0.1) is 12.7 Å². The van der Waals surface area contributed by atoms with Crippen LogP contribution in [0.15, 0.2) is 16.9 Å². The number of ether oxygens (including phenoxy) is 1. The van der Waals surface area contributed by atoms with Crippen molar-refractivity contribution in [2.45, 2.75) is 20.0 Å². The van der Waals surface area contributed by atoms with Crippen molar-refractivity contribution < 1.29 is 9.53 Å². The highest BCUT2D eigenvalue weighted by atomic mass is 16.5. The average molecular weight is 294 g/mol. The first-order chi connectivity index (χ1) is 10.0. The van der Waals surface area contributed by atoms with Crippen molar-refractivity contribution in [2.24, 2.45) is 5.92 Å². The lowest BCUT2D eigenvalue weighted by Gasteiger charge is -2.33. The Morgan fingerprint density at radius 3 is 3.05 bits per heavy atom. The van der Waals surface area contributed by atoms with Gasteiger partial charge in [0.2, 0.25) is 0 Å². The molecular formula is C14H22N4O3. The number of hydrogen-bond acceptors (Lipinski definition) is 5. The summed E-state index contributed by atoms with van der Waals surface area (Å²) < 4.78 is 5.66. The summed E-state index contributed by atoms with van der Waals surface area (Å²) in [6.07, 6.45) is -0.00999. The summed E-state index contributed by atoms with van der Waals surface area (Å²) in [4.78, 5) is 25.1. The Morgan fingerprint density at radius 1 is 1.57 bits per heavy atom. The number of H-pyrrole nitrogens is 1. The van der Waals surface area contributed by atoms with Crippen LogP contribution in [0.5, 0.6) is 0 Å². The third-order valence-electron chi connectivity index (χ3n) is 3.25. The second-order valence-electron chi connectivity index (χ2n) is 5.66. The van der Waals surface area contributed by atoms with Gasteiger partial charge in [-0.2, -0.15) is 5.10 Å². The smallest absolute Gasteiger partial charge is 0.271 e. The van der Waals surface area contributed by atoms with E-state index < -0.39 is 0 Å². The first-order valence-electron chi connectivity index (χ1n) is 7.22. The van der Waals surface area contributed by atoms with Gasteiger partial charge in [0, 0.05) is 32.2 Å². The molecule has 2 rings (SSSR count). The molecule has 1 amide bonds. The Kier molecular flexibility index (Phi) is 5.46. The number of aromatic nitrogens is 2. The van der Waals surface area contributed by atoms with Crippen LogP contribution in [-0.2, 0) is 4.74 Å². The highest BCUT2D eigenvalue weighted by molar-refractivity contribution is 5.91. The zero-order valence-electron chi connectivity index (χ0n) is 12.5. The Morgan fingerprint density at radius 2 is 2.38 bits per heavy atom. The molecule has 0 aromatic carbocycles. The minimum Gasteiger partial charge on any atom is -0.374 e. The molecule has 21 heavy (non-hydrogen) atoms. The third kappa shape index (κ3) is 4.95. The largest absolute Gasteiger partial charge is 0.374 e. The molecule has 0 spiro atoms. The maximum Gasteiger partial charge on any atom is 0.271 e. The molecular weight excluding hydrogens is 272 g/mol. The fraction of sp³-hybridized carbons (Fsp3) is 0.643. The van der Waals surface area contributed by atoms with E-state index in [0.29, 0.717) is 19.1 Å². The summed E-state index contributed by atoms with van der Waals surface area (Å²) in [6, 6.07) is 2.68. The molecule has 1 aliphatic heterocycles. The Balaban J connectivity index is 1.80. The fourth-order valence-electron chi connectivity index (χ4n) is 2.35. The van der Waals surface area contributed by atoms with E-state index >= 15 is 0 Å². The third-order valence-corrected chi connectivity index (χ3v) is 3.25. The molecule has 7 nitrogen and oxygen atoms in total. The molecule has 1 aliphatic rings. The van der Waals surface area contributed by atoms with E-state index in [4.69, 9.17) is 4.74 Å². The number of nitrogens with zero attached hydrogens (tertiary/aromatic N) is 2. The second kappa shape index (κ2) is 7.33. The van der Waals surface area contributed by atoms with Crippen LogP contribution in [0.1, 0.15) is 24.3 Å². The van der Waals surface area contributed by atoms with E-state index in [0.717, 1.165) is 19.6 Å². The van der Waals surface area contributed by atoms with Gasteiger partial charge in [-0.1, -0.05) is 13.8 Å². The lowest BCUT2D eigenvalue weighted by atomic mass is 10.2. The van der Waals surface area contributed by atoms with E-state index in [1.165, 1.54) is 12.1 Å². The number of carbonyl (C=O) groups excluding carboxylic acids is 1. The zero-order chi connectivity index (χ0) is 15.2. The van der Waals surface area contributed by atoms with Gasteiger partial charge in [-0.15, -0.1) is 0 Å². The molecule has 0 aliphatic carbocycles. The van der Waals surface area contributed by atoms with Gasteiger partial charge < -0.3 is 10.1 Å². The maximum absolute atomic E-state index is 11.9. The van der Waals surface area contributed by atoms with Gasteiger partial charge in [0.25, 0.3) is 11.5 Å². The summed E-state index contributed by atoms with van der Waals surface area (Å²) in [5.74, 6) is 0.305. The number of hydrogen-bond donors (Lipinski definition) is 2. The average Bonchev–Trinajstić information content (AvgIpc) is 2.45. The van der Waals surface area contributed by atoms with Gasteiger partial charge in [0.15, 0.2) is 0 Å². The van der Waals surface area contributed by atoms with Crippen LogP contribution in [0.3, 0.4) is 0 Å². The van der Waals surface area contributed by atoms with Crippen molar-refractivity contribution in [1.29, 1.82) is 0 Å². The van der Waals surface area contributed by atoms with E-state index in [9.17, 15) is 9.59 Å². The predicted octanol–water partition coefficient (Wildman–Crippen LogP) is -0.143. The summed E-state index contributed by atoms with van der Waals surface area (Å²) >= 11 is 0. The number of aromatic amines is 1. The van der Waals surface area contributed by atoms with Gasteiger partial charge >= 0.3 is 0 Å². The van der Waals surface area contributed by atoms with Crippen molar-refractivity contribution in [1.82, 2.24) is 20.4 Å². The molecule has 0 unspecified atom stereocenters. The van der Waals surface area contributed by atoms with Crippen molar-refractivity contribution in [3.63, 3.8) is 0 Å². The number of rotatable bonds is 5. The molecule has 0 radical (unpaired) electrons. The SMILES string of the molecule is CC(C)CN1CCO[C@@H](CNC(=O)c2ccc(=O)[nH]n2)C1. The van der Waals surface area contributed by atoms with Crippen LogP contribution >= 0.6 is 0 Å². The highest BCUT2D eigenvalue weighted by Gasteiger charge is 2.21. The molecule has 1 aromatic heterocycles. The molecule has 2 heterocycles. The van der Waals surface area contributed by atoms with Crippen molar-refractivity contribution in [3.8, 4) is 0 Å². The molecule has 1 atom stereocenters. The minimum atomic E-state index is -0.327. The summed E-state index contributed by atoms with van der Waals surface area (Å²) in [7, 11) is 0. The molecule has 1 aromatic rings. The monoisotopic (exact) mass is 294 g/mol. The van der Waals surface area contributed by atoms with Crippen molar-refractivity contribution >= 4 is 5.91 Å². The van der Waals surface area contributed by atoms with Gasteiger partial charge in [-0.3, -0.25) is 14.5 Å². The fourth-order valence-corrected chi connectivity index (χ4v) is 2.35.